The third-order valence-electron chi connectivity index (χ3n) is 5.06. The van der Waals surface area contributed by atoms with Gasteiger partial charge in [-0.15, -0.1) is 0 Å². The Labute approximate surface area is 147 Å². The first-order valence-electron chi connectivity index (χ1n) is 8.87. The average Bonchev–Trinajstić information content (AvgIpc) is 3.00. The van der Waals surface area contributed by atoms with Crippen LogP contribution in [0.3, 0.4) is 0 Å². The smallest absolute Gasteiger partial charge is 0.262 e. The van der Waals surface area contributed by atoms with E-state index < -0.39 is 24.9 Å². The van der Waals surface area contributed by atoms with Gasteiger partial charge in [-0.25, -0.2) is 8.78 Å². The molecular weight excluding hydrogens is 326 g/mol. The van der Waals surface area contributed by atoms with Gasteiger partial charge in [0.25, 0.3) is 5.92 Å². The summed E-state index contributed by atoms with van der Waals surface area (Å²) in [7, 11) is 0. The number of para-hydroxylation sites is 1. The van der Waals surface area contributed by atoms with E-state index in [1.807, 2.05) is 18.2 Å². The Hall–Kier alpha value is -1.73. The van der Waals surface area contributed by atoms with Crippen molar-refractivity contribution < 1.29 is 13.6 Å². The van der Waals surface area contributed by atoms with Crippen molar-refractivity contribution in [2.45, 2.75) is 31.4 Å². The predicted octanol–water partition coefficient (Wildman–Crippen LogP) is 1.31. The molecule has 2 aliphatic rings. The van der Waals surface area contributed by atoms with Gasteiger partial charge in [-0.1, -0.05) is 18.2 Å². The predicted molar refractivity (Wildman–Crippen MR) is 94.1 cm³/mol. The molecule has 2 atom stereocenters. The van der Waals surface area contributed by atoms with Crippen molar-refractivity contribution in [3.05, 3.63) is 30.3 Å². The van der Waals surface area contributed by atoms with E-state index in [1.54, 1.807) is 0 Å². The van der Waals surface area contributed by atoms with Crippen LogP contribution in [0.4, 0.5) is 14.5 Å². The van der Waals surface area contributed by atoms with E-state index in [1.165, 1.54) is 5.69 Å². The molecule has 2 unspecified atom stereocenters. The van der Waals surface area contributed by atoms with Gasteiger partial charge in [0.1, 0.15) is 0 Å². The van der Waals surface area contributed by atoms with Crippen molar-refractivity contribution in [1.29, 1.82) is 0 Å². The summed E-state index contributed by atoms with van der Waals surface area (Å²) in [5.41, 5.74) is 1.23. The highest BCUT2D eigenvalue weighted by Gasteiger charge is 2.42. The molecule has 0 aromatic heterocycles. The highest BCUT2D eigenvalue weighted by Crippen LogP contribution is 2.25. The van der Waals surface area contributed by atoms with Gasteiger partial charge in [0.15, 0.2) is 0 Å². The molecule has 1 aromatic rings. The molecular formula is C18H26F2N4O. The van der Waals surface area contributed by atoms with Crippen LogP contribution < -0.4 is 15.5 Å². The lowest BCUT2D eigenvalue weighted by molar-refractivity contribution is -0.123. The molecule has 138 valence electrons. The lowest BCUT2D eigenvalue weighted by Crippen LogP contribution is -2.53. The zero-order valence-corrected chi connectivity index (χ0v) is 14.5. The van der Waals surface area contributed by atoms with Gasteiger partial charge >= 0.3 is 0 Å². The number of amides is 1. The summed E-state index contributed by atoms with van der Waals surface area (Å²) in [6.07, 6.45) is -0.414. The number of nitrogens with one attached hydrogen (secondary N) is 2. The fourth-order valence-corrected chi connectivity index (χ4v) is 3.46. The van der Waals surface area contributed by atoms with Crippen molar-refractivity contribution in [3.8, 4) is 0 Å². The fraction of sp³-hybridized carbons (Fsp3) is 0.611. The third kappa shape index (κ3) is 4.67. The number of hydrogen-bond donors (Lipinski definition) is 2. The fourth-order valence-electron chi connectivity index (χ4n) is 3.46. The number of nitrogens with zero attached hydrogens (tertiary/aromatic N) is 2. The van der Waals surface area contributed by atoms with E-state index >= 15 is 0 Å². The molecule has 0 aliphatic carbocycles. The minimum atomic E-state index is -2.78. The molecule has 2 aliphatic heterocycles. The van der Waals surface area contributed by atoms with E-state index in [4.69, 9.17) is 0 Å². The second-order valence-corrected chi connectivity index (χ2v) is 6.95. The molecule has 2 N–H and O–H groups in total. The van der Waals surface area contributed by atoms with Crippen LogP contribution in [0, 0.1) is 0 Å². The van der Waals surface area contributed by atoms with Crippen LogP contribution in [-0.2, 0) is 4.79 Å². The molecule has 0 saturated carbocycles. The average molecular weight is 352 g/mol. The third-order valence-corrected chi connectivity index (χ3v) is 5.06. The van der Waals surface area contributed by atoms with Gasteiger partial charge in [-0.2, -0.15) is 0 Å². The molecule has 25 heavy (non-hydrogen) atoms. The Balaban J connectivity index is 1.41. The van der Waals surface area contributed by atoms with Gasteiger partial charge in [-0.3, -0.25) is 15.0 Å². The summed E-state index contributed by atoms with van der Waals surface area (Å²) in [6.45, 7) is 5.86. The van der Waals surface area contributed by atoms with E-state index in [-0.39, 0.29) is 11.9 Å². The van der Waals surface area contributed by atoms with Crippen molar-refractivity contribution in [2.24, 2.45) is 0 Å². The van der Waals surface area contributed by atoms with Crippen molar-refractivity contribution in [1.82, 2.24) is 15.5 Å². The molecule has 2 fully saturated rings. The summed E-state index contributed by atoms with van der Waals surface area (Å²) in [5.74, 6) is -3.10. The van der Waals surface area contributed by atoms with Gasteiger partial charge < -0.3 is 10.2 Å². The van der Waals surface area contributed by atoms with Gasteiger partial charge in [0.05, 0.1) is 12.6 Å². The van der Waals surface area contributed by atoms with E-state index in [0.29, 0.717) is 6.54 Å². The highest BCUT2D eigenvalue weighted by atomic mass is 19.3. The summed E-state index contributed by atoms with van der Waals surface area (Å²) >= 11 is 0. The molecule has 0 bridgehead atoms. The number of halogens is 2. The van der Waals surface area contributed by atoms with E-state index in [9.17, 15) is 13.6 Å². The molecule has 1 amide bonds. The number of carbonyl (C=O) groups is 1. The SMILES string of the molecule is CC(CNC(=O)C1CC(F)(F)CN1)N1CCN(c2ccccc2)CC1. The Bertz CT molecular complexity index is 576. The maximum absolute atomic E-state index is 13.2. The van der Waals surface area contributed by atoms with Crippen LogP contribution >= 0.6 is 0 Å². The Morgan fingerprint density at radius 2 is 1.96 bits per heavy atom. The quantitative estimate of drug-likeness (QED) is 0.839. The minimum Gasteiger partial charge on any atom is -0.369 e. The molecule has 0 spiro atoms. The first-order valence-corrected chi connectivity index (χ1v) is 8.87. The lowest BCUT2D eigenvalue weighted by atomic mass is 10.1. The number of benzene rings is 1. The zero-order valence-electron chi connectivity index (χ0n) is 14.5. The first kappa shape index (κ1) is 18.1. The summed E-state index contributed by atoms with van der Waals surface area (Å²) in [4.78, 5) is 16.7. The zero-order chi connectivity index (χ0) is 17.9. The summed E-state index contributed by atoms with van der Waals surface area (Å²) < 4.78 is 26.3. The monoisotopic (exact) mass is 352 g/mol. The largest absolute Gasteiger partial charge is 0.369 e. The van der Waals surface area contributed by atoms with Crippen molar-refractivity contribution in [3.63, 3.8) is 0 Å². The van der Waals surface area contributed by atoms with Crippen LogP contribution in [-0.4, -0.2) is 68.1 Å². The van der Waals surface area contributed by atoms with E-state index in [2.05, 4.69) is 39.5 Å². The van der Waals surface area contributed by atoms with E-state index in [0.717, 1.165) is 26.2 Å². The Morgan fingerprint density at radius 1 is 1.28 bits per heavy atom. The number of hydrogen-bond acceptors (Lipinski definition) is 4. The van der Waals surface area contributed by atoms with Crippen LogP contribution in [0.1, 0.15) is 13.3 Å². The number of anilines is 1. The van der Waals surface area contributed by atoms with Crippen LogP contribution in [0.5, 0.6) is 0 Å². The molecule has 5 nitrogen and oxygen atoms in total. The van der Waals surface area contributed by atoms with Crippen LogP contribution in [0.2, 0.25) is 0 Å². The molecule has 2 heterocycles. The maximum Gasteiger partial charge on any atom is 0.262 e. The number of carbonyl (C=O) groups excluding carboxylic acids is 1. The molecule has 1 aromatic carbocycles. The standard InChI is InChI=1S/C18H26F2N4O/c1-14(12-21-17(25)16-11-18(19,20)13-22-16)23-7-9-24(10-8-23)15-5-3-2-4-6-15/h2-6,14,16,22H,7-13H2,1H3,(H,21,25). The van der Waals surface area contributed by atoms with Gasteiger partial charge in [0, 0.05) is 50.9 Å². The Morgan fingerprint density at radius 3 is 2.56 bits per heavy atom. The second kappa shape index (κ2) is 7.66. The highest BCUT2D eigenvalue weighted by molar-refractivity contribution is 5.82. The van der Waals surface area contributed by atoms with Gasteiger partial charge in [-0.05, 0) is 19.1 Å². The summed E-state index contributed by atoms with van der Waals surface area (Å²) in [6, 6.07) is 9.73. The first-order chi connectivity index (χ1) is 11.9. The number of rotatable bonds is 5. The topological polar surface area (TPSA) is 47.6 Å². The lowest BCUT2D eigenvalue weighted by Gasteiger charge is -2.39. The van der Waals surface area contributed by atoms with Crippen molar-refractivity contribution in [2.75, 3.05) is 44.2 Å². The molecule has 0 radical (unpaired) electrons. The normalized spacial score (nSPS) is 24.9. The summed E-state index contributed by atoms with van der Waals surface area (Å²) in [5, 5.41) is 5.40. The van der Waals surface area contributed by atoms with Crippen LogP contribution in [0.15, 0.2) is 30.3 Å². The molecule has 3 rings (SSSR count). The van der Waals surface area contributed by atoms with Gasteiger partial charge in [0.2, 0.25) is 5.91 Å². The number of piperazine rings is 1. The minimum absolute atomic E-state index is 0.184. The molecule has 2 saturated heterocycles. The number of alkyl halides is 2. The maximum atomic E-state index is 13.2. The Kier molecular flexibility index (Phi) is 5.54. The molecule has 7 heteroatoms. The van der Waals surface area contributed by atoms with Crippen molar-refractivity contribution >= 4 is 11.6 Å². The van der Waals surface area contributed by atoms with Crippen LogP contribution in [0.25, 0.3) is 0 Å². The second-order valence-electron chi connectivity index (χ2n) is 6.95.